The second kappa shape index (κ2) is 9.75. The first-order valence-electron chi connectivity index (χ1n) is 9.58. The molecule has 0 aliphatic carbocycles. The number of anilines is 1. The van der Waals surface area contributed by atoms with Gasteiger partial charge in [-0.05, 0) is 42.0 Å². The third-order valence-corrected chi connectivity index (χ3v) is 7.77. The zero-order valence-electron chi connectivity index (χ0n) is 16.2. The second-order valence-electron chi connectivity index (χ2n) is 6.74. The Morgan fingerprint density at radius 1 is 1.03 bits per heavy atom. The van der Waals surface area contributed by atoms with E-state index in [1.807, 2.05) is 59.9 Å². The minimum atomic E-state index is -0.179. The number of rotatable bonds is 6. The first-order valence-corrected chi connectivity index (χ1v) is 11.7. The molecule has 0 atom stereocenters. The molecule has 0 saturated carbocycles. The topological polar surface area (TPSA) is 62.1 Å². The Kier molecular flexibility index (Phi) is 6.63. The van der Waals surface area contributed by atoms with Crippen LogP contribution in [0.4, 0.5) is 5.69 Å². The van der Waals surface area contributed by atoms with Crippen molar-refractivity contribution in [3.8, 4) is 11.8 Å². The molecule has 0 spiro atoms. The number of thioether (sulfide) groups is 2. The molecular formula is C24H20N2O2S2. The number of nitrogens with one attached hydrogen (secondary N) is 1. The highest BCUT2D eigenvalue weighted by Gasteiger charge is 2.18. The molecule has 1 heterocycles. The lowest BCUT2D eigenvalue weighted by Gasteiger charge is -2.12. The van der Waals surface area contributed by atoms with Crippen molar-refractivity contribution in [1.29, 1.82) is 5.26 Å². The van der Waals surface area contributed by atoms with Crippen LogP contribution in [0.1, 0.15) is 31.6 Å². The minimum absolute atomic E-state index is 0.179. The van der Waals surface area contributed by atoms with Gasteiger partial charge in [-0.1, -0.05) is 36.4 Å². The van der Waals surface area contributed by atoms with Crippen LogP contribution in [0, 0.1) is 11.3 Å². The molecule has 0 bridgehead atoms. The Hall–Kier alpha value is -2.88. The van der Waals surface area contributed by atoms with Crippen molar-refractivity contribution in [2.75, 3.05) is 16.8 Å². The minimum Gasteiger partial charge on any atom is -0.489 e. The SMILES string of the molecule is N#Cc1ccccc1COc1cccc(C(=O)Nc2cccc(C3SCCS3)c2)c1. The van der Waals surface area contributed by atoms with Gasteiger partial charge in [0.05, 0.1) is 16.2 Å². The van der Waals surface area contributed by atoms with Crippen LogP contribution >= 0.6 is 23.5 Å². The van der Waals surface area contributed by atoms with E-state index in [0.717, 1.165) is 22.8 Å². The summed E-state index contributed by atoms with van der Waals surface area (Å²) in [5.41, 5.74) is 3.95. The van der Waals surface area contributed by atoms with Gasteiger partial charge in [0.2, 0.25) is 0 Å². The molecule has 0 unspecified atom stereocenters. The van der Waals surface area contributed by atoms with Gasteiger partial charge in [-0.25, -0.2) is 0 Å². The van der Waals surface area contributed by atoms with Gasteiger partial charge in [-0.3, -0.25) is 4.79 Å². The lowest BCUT2D eigenvalue weighted by Crippen LogP contribution is -2.12. The van der Waals surface area contributed by atoms with Gasteiger partial charge < -0.3 is 10.1 Å². The van der Waals surface area contributed by atoms with Crippen LogP contribution in [0.15, 0.2) is 72.8 Å². The number of nitriles is 1. The Morgan fingerprint density at radius 2 is 1.83 bits per heavy atom. The van der Waals surface area contributed by atoms with Gasteiger partial charge in [-0.15, -0.1) is 23.5 Å². The van der Waals surface area contributed by atoms with E-state index in [1.165, 1.54) is 5.56 Å². The fourth-order valence-electron chi connectivity index (χ4n) is 3.16. The van der Waals surface area contributed by atoms with Gasteiger partial charge in [0.25, 0.3) is 5.91 Å². The Morgan fingerprint density at radius 3 is 2.67 bits per heavy atom. The van der Waals surface area contributed by atoms with Crippen molar-refractivity contribution in [2.24, 2.45) is 0 Å². The van der Waals surface area contributed by atoms with Gasteiger partial charge in [-0.2, -0.15) is 5.26 Å². The summed E-state index contributed by atoms with van der Waals surface area (Å²) in [6, 6.07) is 24.6. The number of carbonyl (C=O) groups excluding carboxylic acids is 1. The van der Waals surface area contributed by atoms with E-state index in [2.05, 4.69) is 17.5 Å². The average Bonchev–Trinajstić information content (AvgIpc) is 3.33. The summed E-state index contributed by atoms with van der Waals surface area (Å²) < 4.78 is 6.27. The molecule has 1 fully saturated rings. The van der Waals surface area contributed by atoms with E-state index in [1.54, 1.807) is 30.3 Å². The van der Waals surface area contributed by atoms with Crippen molar-refractivity contribution in [2.45, 2.75) is 11.2 Å². The molecule has 0 aromatic heterocycles. The van der Waals surface area contributed by atoms with E-state index in [4.69, 9.17) is 4.74 Å². The molecule has 4 nitrogen and oxygen atoms in total. The number of carbonyl (C=O) groups is 1. The fraction of sp³-hybridized carbons (Fsp3) is 0.167. The van der Waals surface area contributed by atoms with Crippen LogP contribution in [0.3, 0.4) is 0 Å². The van der Waals surface area contributed by atoms with Crippen molar-refractivity contribution in [1.82, 2.24) is 0 Å². The van der Waals surface area contributed by atoms with Crippen LogP contribution < -0.4 is 10.1 Å². The quantitative estimate of drug-likeness (QED) is 0.528. The monoisotopic (exact) mass is 432 g/mol. The summed E-state index contributed by atoms with van der Waals surface area (Å²) in [4.78, 5) is 12.8. The van der Waals surface area contributed by atoms with E-state index in [0.29, 0.717) is 21.5 Å². The molecule has 1 N–H and O–H groups in total. The largest absolute Gasteiger partial charge is 0.489 e. The van der Waals surface area contributed by atoms with E-state index in [9.17, 15) is 10.1 Å². The van der Waals surface area contributed by atoms with Crippen LogP contribution in [0.25, 0.3) is 0 Å². The molecule has 3 aromatic carbocycles. The zero-order valence-corrected chi connectivity index (χ0v) is 17.8. The standard InChI is InChI=1S/C24H20N2O2S2/c25-15-19-5-1-2-6-20(19)16-28-22-10-4-7-17(14-22)23(27)26-21-9-3-8-18(13-21)24-29-11-12-30-24/h1-10,13-14,24H,11-12,16H2,(H,26,27). The van der Waals surface area contributed by atoms with Gasteiger partial charge in [0.1, 0.15) is 12.4 Å². The summed E-state index contributed by atoms with van der Waals surface area (Å²) >= 11 is 3.88. The Bertz CT molecular complexity index is 1090. The molecule has 1 aliphatic heterocycles. The van der Waals surface area contributed by atoms with Gasteiger partial charge in [0, 0.05) is 28.3 Å². The number of ether oxygens (including phenoxy) is 1. The van der Waals surface area contributed by atoms with Crippen molar-refractivity contribution in [3.05, 3.63) is 95.1 Å². The lowest BCUT2D eigenvalue weighted by molar-refractivity contribution is 0.102. The van der Waals surface area contributed by atoms with Crippen molar-refractivity contribution >= 4 is 35.1 Å². The number of hydrogen-bond donors (Lipinski definition) is 1. The first kappa shape index (κ1) is 20.4. The molecule has 30 heavy (non-hydrogen) atoms. The fourth-order valence-corrected chi connectivity index (χ4v) is 6.00. The number of hydrogen-bond acceptors (Lipinski definition) is 5. The summed E-state index contributed by atoms with van der Waals surface area (Å²) in [6.07, 6.45) is 0. The highest BCUT2D eigenvalue weighted by atomic mass is 32.2. The number of nitrogens with zero attached hydrogens (tertiary/aromatic N) is 1. The molecule has 4 rings (SSSR count). The number of benzene rings is 3. The maximum absolute atomic E-state index is 12.8. The predicted octanol–water partition coefficient (Wildman–Crippen LogP) is 5.87. The van der Waals surface area contributed by atoms with Crippen LogP contribution in [-0.4, -0.2) is 17.4 Å². The van der Waals surface area contributed by atoms with E-state index in [-0.39, 0.29) is 12.5 Å². The normalized spacial score (nSPS) is 13.6. The predicted molar refractivity (Wildman–Crippen MR) is 124 cm³/mol. The molecule has 0 radical (unpaired) electrons. The average molecular weight is 433 g/mol. The van der Waals surface area contributed by atoms with Crippen LogP contribution in [0.5, 0.6) is 5.75 Å². The molecular weight excluding hydrogens is 412 g/mol. The maximum atomic E-state index is 12.8. The Balaban J connectivity index is 1.43. The smallest absolute Gasteiger partial charge is 0.255 e. The van der Waals surface area contributed by atoms with E-state index < -0.39 is 0 Å². The summed E-state index contributed by atoms with van der Waals surface area (Å²) in [7, 11) is 0. The lowest BCUT2D eigenvalue weighted by atomic mass is 10.1. The second-order valence-corrected chi connectivity index (χ2v) is 9.46. The maximum Gasteiger partial charge on any atom is 0.255 e. The molecule has 3 aromatic rings. The first-order chi connectivity index (χ1) is 14.7. The summed E-state index contributed by atoms with van der Waals surface area (Å²) in [5, 5.41) is 12.2. The highest BCUT2D eigenvalue weighted by Crippen LogP contribution is 2.45. The third kappa shape index (κ3) is 4.99. The Labute approximate surface area is 184 Å². The van der Waals surface area contributed by atoms with Gasteiger partial charge in [0.15, 0.2) is 0 Å². The molecule has 6 heteroatoms. The third-order valence-electron chi connectivity index (χ3n) is 4.67. The van der Waals surface area contributed by atoms with Crippen molar-refractivity contribution < 1.29 is 9.53 Å². The van der Waals surface area contributed by atoms with Crippen LogP contribution in [-0.2, 0) is 6.61 Å². The zero-order chi connectivity index (χ0) is 20.8. The molecule has 1 amide bonds. The van der Waals surface area contributed by atoms with E-state index >= 15 is 0 Å². The van der Waals surface area contributed by atoms with Gasteiger partial charge >= 0.3 is 0 Å². The summed E-state index contributed by atoms with van der Waals surface area (Å²) in [5.74, 6) is 2.74. The molecule has 1 saturated heterocycles. The highest BCUT2D eigenvalue weighted by molar-refractivity contribution is 8.19. The summed E-state index contributed by atoms with van der Waals surface area (Å²) in [6.45, 7) is 0.271. The number of amides is 1. The molecule has 1 aliphatic rings. The van der Waals surface area contributed by atoms with Crippen molar-refractivity contribution in [3.63, 3.8) is 0 Å². The van der Waals surface area contributed by atoms with Crippen LogP contribution in [0.2, 0.25) is 0 Å². The molecule has 150 valence electrons.